The molecule has 0 spiro atoms. The van der Waals surface area contributed by atoms with E-state index in [1.54, 1.807) is 12.1 Å². The number of carbonyl (C=O) groups is 4. The molecule has 3 rings (SSSR count). The second-order valence-electron chi connectivity index (χ2n) is 8.89. The minimum atomic E-state index is -1.10. The Morgan fingerprint density at radius 1 is 0.667 bits per heavy atom. The predicted molar refractivity (Wildman–Crippen MR) is 143 cm³/mol. The summed E-state index contributed by atoms with van der Waals surface area (Å²) in [6.07, 6.45) is -0.605. The Kier molecular flexibility index (Phi) is 11.5. The second-order valence-corrected chi connectivity index (χ2v) is 8.89. The molecule has 9 nitrogen and oxygen atoms in total. The van der Waals surface area contributed by atoms with Crippen LogP contribution in [0.25, 0.3) is 0 Å². The number of carboxylic acids is 1. The quantitative estimate of drug-likeness (QED) is 0.267. The minimum Gasteiger partial charge on any atom is -0.481 e. The second kappa shape index (κ2) is 15.6. The Morgan fingerprint density at radius 3 is 1.72 bits per heavy atom. The summed E-state index contributed by atoms with van der Waals surface area (Å²) in [6, 6.07) is 25.1. The van der Waals surface area contributed by atoms with Gasteiger partial charge in [-0.05, 0) is 29.5 Å². The summed E-state index contributed by atoms with van der Waals surface area (Å²) in [6.45, 7) is 0.0262. The molecule has 3 aromatic carbocycles. The average molecular weight is 533 g/mol. The third-order valence-corrected chi connectivity index (χ3v) is 5.81. The summed E-state index contributed by atoms with van der Waals surface area (Å²) in [5.74, 6) is -2.32. The summed E-state index contributed by atoms with van der Waals surface area (Å²) in [5, 5.41) is 14.3. The van der Waals surface area contributed by atoms with Crippen molar-refractivity contribution in [2.24, 2.45) is 0 Å². The summed E-state index contributed by atoms with van der Waals surface area (Å²) in [4.78, 5) is 49.8. The normalized spacial score (nSPS) is 12.0. The van der Waals surface area contributed by atoms with Crippen LogP contribution in [0, 0.1) is 0 Å². The zero-order valence-electron chi connectivity index (χ0n) is 21.5. The first-order valence-electron chi connectivity index (χ1n) is 12.6. The molecule has 2 amide bonds. The highest BCUT2D eigenvalue weighted by Crippen LogP contribution is 2.10. The van der Waals surface area contributed by atoms with Crippen molar-refractivity contribution < 1.29 is 33.8 Å². The molecule has 3 N–H and O–H groups in total. The third-order valence-electron chi connectivity index (χ3n) is 5.81. The van der Waals surface area contributed by atoms with Crippen LogP contribution >= 0.6 is 0 Å². The standard InChI is InChI=1S/C30H32N2O7/c33-27(34)18-10-17-25(29(36)38-20-23-13-6-2-7-14-23)31-28(35)26(19-22-11-4-1-5-12-22)32-30(37)39-21-24-15-8-3-9-16-24/h1-9,11-16,25-26H,10,17-21H2,(H,31,35)(H,32,37)(H,33,34). The monoisotopic (exact) mass is 532 g/mol. The van der Waals surface area contributed by atoms with Crippen molar-refractivity contribution in [3.8, 4) is 0 Å². The molecule has 0 heterocycles. The summed E-state index contributed by atoms with van der Waals surface area (Å²) in [7, 11) is 0. The SMILES string of the molecule is O=C(O)CCCC(NC(=O)C(Cc1ccccc1)NC(=O)OCc1ccccc1)C(=O)OCc1ccccc1. The van der Waals surface area contributed by atoms with Gasteiger partial charge in [-0.2, -0.15) is 0 Å². The molecule has 3 aromatic rings. The number of hydrogen-bond donors (Lipinski definition) is 3. The maximum absolute atomic E-state index is 13.3. The van der Waals surface area contributed by atoms with Gasteiger partial charge in [0.05, 0.1) is 0 Å². The molecule has 0 aliphatic rings. The van der Waals surface area contributed by atoms with E-state index in [2.05, 4.69) is 10.6 Å². The number of nitrogens with one attached hydrogen (secondary N) is 2. The van der Waals surface area contributed by atoms with Gasteiger partial charge in [0.2, 0.25) is 5.91 Å². The van der Waals surface area contributed by atoms with Crippen molar-refractivity contribution in [1.82, 2.24) is 10.6 Å². The lowest BCUT2D eigenvalue weighted by Crippen LogP contribution is -2.52. The van der Waals surface area contributed by atoms with E-state index in [9.17, 15) is 19.2 Å². The van der Waals surface area contributed by atoms with E-state index in [1.165, 1.54) is 0 Å². The fourth-order valence-corrected chi connectivity index (χ4v) is 3.77. The van der Waals surface area contributed by atoms with Gasteiger partial charge in [0.1, 0.15) is 25.3 Å². The highest BCUT2D eigenvalue weighted by atomic mass is 16.5. The highest BCUT2D eigenvalue weighted by Gasteiger charge is 2.28. The fourth-order valence-electron chi connectivity index (χ4n) is 3.77. The number of ether oxygens (including phenoxy) is 2. The summed E-state index contributed by atoms with van der Waals surface area (Å²) in [5.41, 5.74) is 2.35. The molecule has 0 saturated carbocycles. The molecule has 0 bridgehead atoms. The summed E-state index contributed by atoms with van der Waals surface area (Å²) >= 11 is 0. The molecule has 39 heavy (non-hydrogen) atoms. The Morgan fingerprint density at radius 2 is 1.18 bits per heavy atom. The molecule has 2 unspecified atom stereocenters. The number of carbonyl (C=O) groups excluding carboxylic acids is 3. The maximum atomic E-state index is 13.3. The number of hydrogen-bond acceptors (Lipinski definition) is 6. The van der Waals surface area contributed by atoms with Gasteiger partial charge in [-0.3, -0.25) is 9.59 Å². The maximum Gasteiger partial charge on any atom is 0.408 e. The number of carboxylic acid groups (broad SMARTS) is 1. The fraction of sp³-hybridized carbons (Fsp3) is 0.267. The van der Waals surface area contributed by atoms with E-state index in [0.29, 0.717) is 0 Å². The molecular formula is C30H32N2O7. The van der Waals surface area contributed by atoms with Gasteiger partial charge >= 0.3 is 18.0 Å². The lowest BCUT2D eigenvalue weighted by molar-refractivity contribution is -0.149. The van der Waals surface area contributed by atoms with Gasteiger partial charge in [-0.1, -0.05) is 91.0 Å². The molecule has 204 valence electrons. The minimum absolute atomic E-state index is 0.00246. The number of rotatable bonds is 14. The van der Waals surface area contributed by atoms with Crippen molar-refractivity contribution in [3.05, 3.63) is 108 Å². The molecular weight excluding hydrogens is 500 g/mol. The molecule has 0 aromatic heterocycles. The molecule has 9 heteroatoms. The van der Waals surface area contributed by atoms with Crippen LogP contribution in [-0.2, 0) is 43.5 Å². The molecule has 0 aliphatic heterocycles. The molecule has 0 fully saturated rings. The summed E-state index contributed by atoms with van der Waals surface area (Å²) < 4.78 is 10.7. The van der Waals surface area contributed by atoms with Crippen LogP contribution in [0.1, 0.15) is 36.0 Å². The first-order valence-corrected chi connectivity index (χ1v) is 12.6. The zero-order valence-corrected chi connectivity index (χ0v) is 21.5. The van der Waals surface area contributed by atoms with Gasteiger partial charge in [-0.15, -0.1) is 0 Å². The van der Waals surface area contributed by atoms with Crippen molar-refractivity contribution in [3.63, 3.8) is 0 Å². The molecule has 2 atom stereocenters. The van der Waals surface area contributed by atoms with Crippen LogP contribution in [0.4, 0.5) is 4.79 Å². The largest absolute Gasteiger partial charge is 0.481 e. The number of esters is 1. The van der Waals surface area contributed by atoms with E-state index in [-0.39, 0.29) is 38.9 Å². The predicted octanol–water partition coefficient (Wildman–Crippen LogP) is 4.01. The lowest BCUT2D eigenvalue weighted by atomic mass is 10.0. The van der Waals surface area contributed by atoms with Crippen molar-refractivity contribution in [1.29, 1.82) is 0 Å². The van der Waals surface area contributed by atoms with E-state index in [1.807, 2.05) is 78.9 Å². The van der Waals surface area contributed by atoms with Crippen LogP contribution < -0.4 is 10.6 Å². The van der Waals surface area contributed by atoms with Crippen LogP contribution in [0.15, 0.2) is 91.0 Å². The van der Waals surface area contributed by atoms with Gasteiger partial charge in [0.25, 0.3) is 0 Å². The van der Waals surface area contributed by atoms with Crippen LogP contribution in [0.3, 0.4) is 0 Å². The highest BCUT2D eigenvalue weighted by molar-refractivity contribution is 5.90. The van der Waals surface area contributed by atoms with E-state index < -0.39 is 36.0 Å². The Balaban J connectivity index is 1.68. The van der Waals surface area contributed by atoms with Gasteiger partial charge in [-0.25, -0.2) is 9.59 Å². The van der Waals surface area contributed by atoms with Crippen molar-refractivity contribution in [2.75, 3.05) is 0 Å². The Bertz CT molecular complexity index is 1200. The molecule has 0 saturated heterocycles. The van der Waals surface area contributed by atoms with E-state index >= 15 is 0 Å². The number of aliphatic carboxylic acids is 1. The van der Waals surface area contributed by atoms with Gasteiger partial charge in [0.15, 0.2) is 0 Å². The smallest absolute Gasteiger partial charge is 0.408 e. The van der Waals surface area contributed by atoms with E-state index in [0.717, 1.165) is 16.7 Å². The topological polar surface area (TPSA) is 131 Å². The number of alkyl carbamates (subject to hydrolysis) is 1. The van der Waals surface area contributed by atoms with Crippen LogP contribution in [0.5, 0.6) is 0 Å². The van der Waals surface area contributed by atoms with Crippen molar-refractivity contribution >= 4 is 23.9 Å². The van der Waals surface area contributed by atoms with E-state index in [4.69, 9.17) is 14.6 Å². The van der Waals surface area contributed by atoms with Gasteiger partial charge in [0, 0.05) is 12.8 Å². The molecule has 0 radical (unpaired) electrons. The van der Waals surface area contributed by atoms with Crippen molar-refractivity contribution in [2.45, 2.75) is 51.0 Å². The first kappa shape index (κ1) is 28.9. The first-order chi connectivity index (χ1) is 18.9. The lowest BCUT2D eigenvalue weighted by Gasteiger charge is -2.23. The Labute approximate surface area is 227 Å². The van der Waals surface area contributed by atoms with Crippen LogP contribution in [0.2, 0.25) is 0 Å². The third kappa shape index (κ3) is 10.7. The zero-order chi connectivity index (χ0) is 27.9. The Hall–Kier alpha value is -4.66. The molecule has 0 aliphatic carbocycles. The average Bonchev–Trinajstić information content (AvgIpc) is 2.95. The number of amides is 2. The van der Waals surface area contributed by atoms with Gasteiger partial charge < -0.3 is 25.2 Å². The number of benzene rings is 3. The van der Waals surface area contributed by atoms with Crippen LogP contribution in [-0.4, -0.2) is 41.1 Å².